The summed E-state index contributed by atoms with van der Waals surface area (Å²) < 4.78 is 19.8. The molecule has 7 heteroatoms. The fraction of sp³-hybridized carbons (Fsp3) is 0.111. The maximum absolute atomic E-state index is 13.1. The van der Waals surface area contributed by atoms with Gasteiger partial charge in [0.15, 0.2) is 0 Å². The Bertz CT molecular complexity index is 894. The standard InChI is InChI=1S/C18H15ClFN3O2/c1-25-16-6-3-12(4-7-16)18(24)22-15-9-21-23(11-15)10-13-2-5-14(20)8-17(13)19/h2-9,11H,10H2,1H3,(H,22,24). The number of anilines is 1. The van der Waals surface area contributed by atoms with E-state index in [4.69, 9.17) is 16.3 Å². The van der Waals surface area contributed by atoms with Gasteiger partial charge in [0.05, 0.1) is 25.5 Å². The van der Waals surface area contributed by atoms with Gasteiger partial charge in [-0.2, -0.15) is 5.10 Å². The third-order valence-electron chi connectivity index (χ3n) is 3.59. The van der Waals surface area contributed by atoms with E-state index in [-0.39, 0.29) is 11.7 Å². The number of halogens is 2. The van der Waals surface area contributed by atoms with Gasteiger partial charge in [-0.1, -0.05) is 17.7 Å². The van der Waals surface area contributed by atoms with Crippen LogP contribution in [0.1, 0.15) is 15.9 Å². The number of nitrogens with zero attached hydrogens (tertiary/aromatic N) is 2. The summed E-state index contributed by atoms with van der Waals surface area (Å²) >= 11 is 6.01. The highest BCUT2D eigenvalue weighted by molar-refractivity contribution is 6.31. The van der Waals surface area contributed by atoms with Crippen LogP contribution in [0, 0.1) is 5.82 Å². The van der Waals surface area contributed by atoms with Crippen molar-refractivity contribution >= 4 is 23.2 Å². The number of methoxy groups -OCH3 is 1. The van der Waals surface area contributed by atoms with Crippen molar-refractivity contribution in [2.24, 2.45) is 0 Å². The molecule has 0 bridgehead atoms. The maximum Gasteiger partial charge on any atom is 0.255 e. The molecule has 0 saturated carbocycles. The largest absolute Gasteiger partial charge is 0.497 e. The molecule has 0 radical (unpaired) electrons. The van der Waals surface area contributed by atoms with Crippen molar-refractivity contribution in [3.05, 3.63) is 76.8 Å². The summed E-state index contributed by atoms with van der Waals surface area (Å²) in [6, 6.07) is 11.0. The lowest BCUT2D eigenvalue weighted by molar-refractivity contribution is 0.102. The van der Waals surface area contributed by atoms with Gasteiger partial charge in [0.1, 0.15) is 11.6 Å². The minimum Gasteiger partial charge on any atom is -0.497 e. The van der Waals surface area contributed by atoms with Crippen LogP contribution in [0.4, 0.5) is 10.1 Å². The van der Waals surface area contributed by atoms with Gasteiger partial charge in [-0.15, -0.1) is 0 Å². The molecule has 5 nitrogen and oxygen atoms in total. The molecule has 0 aliphatic heterocycles. The Labute approximate surface area is 149 Å². The summed E-state index contributed by atoms with van der Waals surface area (Å²) in [5.74, 6) is 0.0456. The van der Waals surface area contributed by atoms with Gasteiger partial charge in [0, 0.05) is 16.8 Å². The van der Waals surface area contributed by atoms with Crippen LogP contribution < -0.4 is 10.1 Å². The number of aromatic nitrogens is 2. The molecule has 0 saturated heterocycles. The molecule has 0 unspecified atom stereocenters. The van der Waals surface area contributed by atoms with E-state index < -0.39 is 0 Å². The Morgan fingerprint density at radius 3 is 2.72 bits per heavy atom. The van der Waals surface area contributed by atoms with Crippen LogP contribution in [-0.2, 0) is 6.54 Å². The number of amides is 1. The highest BCUT2D eigenvalue weighted by atomic mass is 35.5. The van der Waals surface area contributed by atoms with Gasteiger partial charge >= 0.3 is 0 Å². The number of ether oxygens (including phenoxy) is 1. The second kappa shape index (κ2) is 7.36. The Hall–Kier alpha value is -2.86. The average Bonchev–Trinajstić information content (AvgIpc) is 3.04. The first-order chi connectivity index (χ1) is 12.0. The van der Waals surface area contributed by atoms with E-state index in [0.29, 0.717) is 28.6 Å². The van der Waals surface area contributed by atoms with E-state index >= 15 is 0 Å². The van der Waals surface area contributed by atoms with Crippen LogP contribution in [0.2, 0.25) is 5.02 Å². The van der Waals surface area contributed by atoms with E-state index in [0.717, 1.165) is 5.56 Å². The van der Waals surface area contributed by atoms with Gasteiger partial charge in [0.2, 0.25) is 0 Å². The molecule has 1 aromatic heterocycles. The number of nitrogens with one attached hydrogen (secondary N) is 1. The summed E-state index contributed by atoms with van der Waals surface area (Å²) in [7, 11) is 1.57. The fourth-order valence-corrected chi connectivity index (χ4v) is 2.51. The minimum atomic E-state index is -0.387. The molecule has 0 aliphatic rings. The van der Waals surface area contributed by atoms with E-state index in [1.165, 1.54) is 12.1 Å². The molecule has 3 aromatic rings. The molecular weight excluding hydrogens is 345 g/mol. The first kappa shape index (κ1) is 17.0. The predicted octanol–water partition coefficient (Wildman–Crippen LogP) is 3.98. The Morgan fingerprint density at radius 2 is 2.04 bits per heavy atom. The van der Waals surface area contributed by atoms with Gasteiger partial charge in [-0.3, -0.25) is 9.48 Å². The van der Waals surface area contributed by atoms with E-state index in [2.05, 4.69) is 10.4 Å². The zero-order chi connectivity index (χ0) is 17.8. The minimum absolute atomic E-state index is 0.248. The first-order valence-corrected chi connectivity index (χ1v) is 7.85. The molecule has 128 valence electrons. The molecular formula is C18H15ClFN3O2. The second-order valence-corrected chi connectivity index (χ2v) is 5.75. The summed E-state index contributed by atoms with van der Waals surface area (Å²) in [6.45, 7) is 0.373. The molecule has 3 rings (SSSR count). The lowest BCUT2D eigenvalue weighted by Crippen LogP contribution is -2.11. The first-order valence-electron chi connectivity index (χ1n) is 7.47. The molecule has 25 heavy (non-hydrogen) atoms. The Balaban J connectivity index is 1.67. The van der Waals surface area contributed by atoms with Crippen molar-refractivity contribution in [3.8, 4) is 5.75 Å². The summed E-state index contributed by atoms with van der Waals surface area (Å²) in [6.07, 6.45) is 3.22. The third kappa shape index (κ3) is 4.16. The van der Waals surface area contributed by atoms with E-state index in [1.807, 2.05) is 0 Å². The van der Waals surface area contributed by atoms with Crippen molar-refractivity contribution in [2.75, 3.05) is 12.4 Å². The average molecular weight is 360 g/mol. The summed E-state index contributed by atoms with van der Waals surface area (Å²) in [5.41, 5.74) is 1.80. The zero-order valence-electron chi connectivity index (χ0n) is 13.4. The van der Waals surface area contributed by atoms with Crippen LogP contribution in [0.15, 0.2) is 54.9 Å². The molecule has 0 aliphatic carbocycles. The number of hydrogen-bond acceptors (Lipinski definition) is 3. The van der Waals surface area contributed by atoms with Gasteiger partial charge < -0.3 is 10.1 Å². The smallest absolute Gasteiger partial charge is 0.255 e. The highest BCUT2D eigenvalue weighted by Gasteiger charge is 2.09. The van der Waals surface area contributed by atoms with E-state index in [1.54, 1.807) is 54.5 Å². The van der Waals surface area contributed by atoms with E-state index in [9.17, 15) is 9.18 Å². The zero-order valence-corrected chi connectivity index (χ0v) is 14.1. The van der Waals surface area contributed by atoms with Crippen molar-refractivity contribution in [1.82, 2.24) is 9.78 Å². The number of rotatable bonds is 5. The van der Waals surface area contributed by atoms with Crippen LogP contribution in [-0.4, -0.2) is 22.8 Å². The van der Waals surface area contributed by atoms with Gasteiger partial charge in [-0.05, 0) is 42.0 Å². The molecule has 0 spiro atoms. The second-order valence-electron chi connectivity index (χ2n) is 5.34. The van der Waals surface area contributed by atoms with Crippen molar-refractivity contribution < 1.29 is 13.9 Å². The molecule has 1 amide bonds. The fourth-order valence-electron chi connectivity index (χ4n) is 2.28. The topological polar surface area (TPSA) is 56.1 Å². The third-order valence-corrected chi connectivity index (χ3v) is 3.94. The predicted molar refractivity (Wildman–Crippen MR) is 93.7 cm³/mol. The molecule has 0 fully saturated rings. The van der Waals surface area contributed by atoms with Gasteiger partial charge in [0.25, 0.3) is 5.91 Å². The van der Waals surface area contributed by atoms with Crippen molar-refractivity contribution in [3.63, 3.8) is 0 Å². The molecule has 1 N–H and O–H groups in total. The summed E-state index contributed by atoms with van der Waals surface area (Å²) in [5, 5.41) is 7.28. The monoisotopic (exact) mass is 359 g/mol. The SMILES string of the molecule is COc1ccc(C(=O)Nc2cnn(Cc3ccc(F)cc3Cl)c2)cc1. The molecule has 0 atom stereocenters. The Morgan fingerprint density at radius 1 is 1.28 bits per heavy atom. The highest BCUT2D eigenvalue weighted by Crippen LogP contribution is 2.19. The summed E-state index contributed by atoms with van der Waals surface area (Å²) in [4.78, 5) is 12.2. The lowest BCUT2D eigenvalue weighted by atomic mass is 10.2. The number of hydrogen-bond donors (Lipinski definition) is 1. The lowest BCUT2D eigenvalue weighted by Gasteiger charge is -2.05. The number of carbonyl (C=O) groups excluding carboxylic acids is 1. The van der Waals surface area contributed by atoms with Crippen LogP contribution >= 0.6 is 11.6 Å². The molecule has 2 aromatic carbocycles. The maximum atomic E-state index is 13.1. The van der Waals surface area contributed by atoms with Crippen molar-refractivity contribution in [1.29, 1.82) is 0 Å². The Kier molecular flexibility index (Phi) is 5.00. The quantitative estimate of drug-likeness (QED) is 0.749. The number of benzene rings is 2. The van der Waals surface area contributed by atoms with Crippen LogP contribution in [0.5, 0.6) is 5.75 Å². The van der Waals surface area contributed by atoms with Crippen molar-refractivity contribution in [2.45, 2.75) is 6.54 Å². The van der Waals surface area contributed by atoms with Gasteiger partial charge in [-0.25, -0.2) is 4.39 Å². The normalized spacial score (nSPS) is 10.5. The number of carbonyl (C=O) groups is 1. The van der Waals surface area contributed by atoms with Crippen LogP contribution in [0.3, 0.4) is 0 Å². The van der Waals surface area contributed by atoms with Crippen LogP contribution in [0.25, 0.3) is 0 Å². The molecule has 1 heterocycles.